The molecule has 0 bridgehead atoms. The molecule has 44 heavy (non-hydrogen) atoms. The molecule has 4 aliphatic rings. The molecule has 2 aliphatic heterocycles. The van der Waals surface area contributed by atoms with Crippen LogP contribution in [0, 0.1) is 23.1 Å². The van der Waals surface area contributed by atoms with E-state index in [9.17, 15) is 10.1 Å². The number of nitriles is 1. The van der Waals surface area contributed by atoms with Crippen molar-refractivity contribution < 1.29 is 13.9 Å². The van der Waals surface area contributed by atoms with Crippen LogP contribution in [0.5, 0.6) is 6.01 Å². The molecule has 2 aromatic carbocycles. The first-order valence-corrected chi connectivity index (χ1v) is 16.0. The van der Waals surface area contributed by atoms with Crippen molar-refractivity contribution in [3.63, 3.8) is 0 Å². The highest BCUT2D eigenvalue weighted by molar-refractivity contribution is 5.94. The summed E-state index contributed by atoms with van der Waals surface area (Å²) >= 11 is 0. The zero-order valence-electron chi connectivity index (χ0n) is 25.3. The third-order valence-corrected chi connectivity index (χ3v) is 10.4. The highest BCUT2D eigenvalue weighted by Gasteiger charge is 2.38. The minimum atomic E-state index is -0.337. The number of carbonyl (C=O) groups is 1. The van der Waals surface area contributed by atoms with Gasteiger partial charge < -0.3 is 19.4 Å². The number of hydrogen-bond acceptors (Lipinski definition) is 7. The first-order chi connectivity index (χ1) is 21.4. The van der Waals surface area contributed by atoms with Gasteiger partial charge in [0.15, 0.2) is 0 Å². The van der Waals surface area contributed by atoms with Gasteiger partial charge in [-0.1, -0.05) is 31.2 Å². The van der Waals surface area contributed by atoms with E-state index in [4.69, 9.17) is 14.7 Å². The number of halogens is 1. The second kappa shape index (κ2) is 11.8. The maximum atomic E-state index is 16.3. The third-order valence-electron chi connectivity index (χ3n) is 10.4. The zero-order valence-corrected chi connectivity index (χ0v) is 25.3. The number of piperazine rings is 1. The third kappa shape index (κ3) is 5.09. The van der Waals surface area contributed by atoms with E-state index >= 15 is 4.39 Å². The molecule has 8 nitrogen and oxygen atoms in total. The number of rotatable bonds is 7. The Hall–Kier alpha value is -4.03. The zero-order chi connectivity index (χ0) is 30.4. The number of likely N-dealkylation sites (N-methyl/N-ethyl adjacent to an activating group) is 1. The molecule has 3 aromatic rings. The topological polar surface area (TPSA) is 85.6 Å². The Balaban J connectivity index is 1.30. The smallest absolute Gasteiger partial charge is 0.319 e. The van der Waals surface area contributed by atoms with Crippen molar-refractivity contribution in [2.24, 2.45) is 5.92 Å². The van der Waals surface area contributed by atoms with Gasteiger partial charge in [0.2, 0.25) is 5.91 Å². The van der Waals surface area contributed by atoms with Crippen LogP contribution in [0.15, 0.2) is 43.0 Å². The van der Waals surface area contributed by atoms with Gasteiger partial charge in [0.25, 0.3) is 0 Å². The van der Waals surface area contributed by atoms with Gasteiger partial charge in [-0.25, -0.2) is 4.39 Å². The number of hydrogen-bond donors (Lipinski definition) is 0. The molecule has 3 fully saturated rings. The Bertz CT molecular complexity index is 1650. The summed E-state index contributed by atoms with van der Waals surface area (Å²) in [6.45, 7) is 6.43. The van der Waals surface area contributed by atoms with Crippen LogP contribution < -0.4 is 9.64 Å². The molecule has 1 amide bonds. The molecule has 4 atom stereocenters. The molecule has 2 saturated heterocycles. The Morgan fingerprint density at radius 3 is 2.82 bits per heavy atom. The lowest BCUT2D eigenvalue weighted by molar-refractivity contribution is -0.128. The molecule has 9 heteroatoms. The van der Waals surface area contributed by atoms with E-state index in [1.807, 2.05) is 11.0 Å². The number of benzene rings is 2. The summed E-state index contributed by atoms with van der Waals surface area (Å²) in [4.78, 5) is 28.3. The lowest BCUT2D eigenvalue weighted by Gasteiger charge is -2.41. The van der Waals surface area contributed by atoms with Crippen LogP contribution in [-0.2, 0) is 11.2 Å². The van der Waals surface area contributed by atoms with Crippen LogP contribution >= 0.6 is 0 Å². The summed E-state index contributed by atoms with van der Waals surface area (Å²) in [6, 6.07) is 12.2. The molecular weight excluding hydrogens is 555 g/mol. The average molecular weight is 595 g/mol. The number of carbonyl (C=O) groups excluding carboxylic acids is 1. The maximum Gasteiger partial charge on any atom is 0.319 e. The molecule has 1 aromatic heterocycles. The standard InChI is InChI=1S/C35H39FN6O2/c1-3-32(43)42-16-15-41(20-24(42)12-13-37)34-29-18-30(36)28(27-11-5-8-23-17-22-7-4-10-26(22)33(23)27)19-31(29)38-35(39-34)44-21-25-9-6-14-40(25)2/h3,5,8,11,18-19,22,24-26H,1,4,6-7,9-10,12,14-17,20-21H2,2H3/t22?,24-,25-,26?/m0/s1. The molecule has 0 spiro atoms. The lowest BCUT2D eigenvalue weighted by Crippen LogP contribution is -2.55. The Morgan fingerprint density at radius 1 is 1.14 bits per heavy atom. The van der Waals surface area contributed by atoms with Crippen molar-refractivity contribution in [1.29, 1.82) is 5.26 Å². The van der Waals surface area contributed by atoms with Crippen molar-refractivity contribution in [2.75, 3.05) is 44.7 Å². The second-order valence-corrected chi connectivity index (χ2v) is 12.8. The van der Waals surface area contributed by atoms with E-state index in [0.29, 0.717) is 66.4 Å². The maximum absolute atomic E-state index is 16.3. The van der Waals surface area contributed by atoms with Crippen LogP contribution in [0.2, 0.25) is 0 Å². The summed E-state index contributed by atoms with van der Waals surface area (Å²) in [5, 5.41) is 10.1. The molecular formula is C35H39FN6O2. The first kappa shape index (κ1) is 28.7. The molecule has 0 radical (unpaired) electrons. The fraction of sp³-hybridized carbons (Fsp3) is 0.486. The molecule has 7 rings (SSSR count). The molecule has 228 valence electrons. The summed E-state index contributed by atoms with van der Waals surface area (Å²) in [5.74, 6) is 1.22. The Labute approximate surface area is 258 Å². The van der Waals surface area contributed by atoms with Crippen LogP contribution in [0.4, 0.5) is 10.2 Å². The summed E-state index contributed by atoms with van der Waals surface area (Å²) < 4.78 is 22.5. The van der Waals surface area contributed by atoms with Crippen molar-refractivity contribution in [3.05, 3.63) is 59.9 Å². The second-order valence-electron chi connectivity index (χ2n) is 12.8. The molecule has 2 unspecified atom stereocenters. The van der Waals surface area contributed by atoms with E-state index in [1.165, 1.54) is 30.0 Å². The molecule has 2 aliphatic carbocycles. The minimum absolute atomic E-state index is 0.177. The van der Waals surface area contributed by atoms with E-state index < -0.39 is 0 Å². The average Bonchev–Trinajstić information content (AvgIpc) is 3.75. The van der Waals surface area contributed by atoms with Crippen molar-refractivity contribution in [1.82, 2.24) is 19.8 Å². The normalized spacial score (nSPS) is 24.8. The number of fused-ring (bicyclic) bond motifs is 4. The van der Waals surface area contributed by atoms with Crippen molar-refractivity contribution >= 4 is 22.6 Å². The van der Waals surface area contributed by atoms with Gasteiger partial charge in [0, 0.05) is 36.6 Å². The lowest BCUT2D eigenvalue weighted by atomic mass is 9.89. The minimum Gasteiger partial charge on any atom is -0.462 e. The van der Waals surface area contributed by atoms with Gasteiger partial charge in [-0.05, 0) is 92.4 Å². The summed E-state index contributed by atoms with van der Waals surface area (Å²) in [5.41, 5.74) is 4.82. The number of aromatic nitrogens is 2. The fourth-order valence-corrected chi connectivity index (χ4v) is 8.13. The molecule has 0 N–H and O–H groups in total. The predicted molar refractivity (Wildman–Crippen MR) is 168 cm³/mol. The number of amides is 1. The van der Waals surface area contributed by atoms with Gasteiger partial charge in [-0.15, -0.1) is 0 Å². The van der Waals surface area contributed by atoms with Gasteiger partial charge in [-0.2, -0.15) is 15.2 Å². The highest BCUT2D eigenvalue weighted by Crippen LogP contribution is 2.52. The van der Waals surface area contributed by atoms with Crippen molar-refractivity contribution in [3.8, 4) is 23.2 Å². The number of ether oxygens (including phenoxy) is 1. The van der Waals surface area contributed by atoms with Gasteiger partial charge in [0.05, 0.1) is 24.0 Å². The van der Waals surface area contributed by atoms with Gasteiger partial charge in [0.1, 0.15) is 18.2 Å². The van der Waals surface area contributed by atoms with Crippen LogP contribution in [0.25, 0.3) is 22.0 Å². The van der Waals surface area contributed by atoms with E-state index in [1.54, 1.807) is 11.0 Å². The van der Waals surface area contributed by atoms with Gasteiger partial charge in [-0.3, -0.25) is 4.79 Å². The highest BCUT2D eigenvalue weighted by atomic mass is 19.1. The largest absolute Gasteiger partial charge is 0.462 e. The number of anilines is 1. The molecule has 3 heterocycles. The fourth-order valence-electron chi connectivity index (χ4n) is 8.13. The monoisotopic (exact) mass is 594 g/mol. The van der Waals surface area contributed by atoms with E-state index in [2.05, 4.69) is 42.8 Å². The SMILES string of the molecule is C=CC(=O)N1CCN(c2nc(OC[C@@H]3CCCN3C)nc3cc(-c4cccc5c4C4CCCC4C5)c(F)cc23)C[C@@H]1CC#N. The van der Waals surface area contributed by atoms with Crippen molar-refractivity contribution in [2.45, 2.75) is 62.9 Å². The predicted octanol–water partition coefficient (Wildman–Crippen LogP) is 5.47. The first-order valence-electron chi connectivity index (χ1n) is 16.0. The van der Waals surface area contributed by atoms with Crippen LogP contribution in [0.1, 0.15) is 55.6 Å². The number of likely N-dealkylation sites (tertiary alicyclic amines) is 1. The Morgan fingerprint density at radius 2 is 2.02 bits per heavy atom. The van der Waals surface area contributed by atoms with Crippen LogP contribution in [-0.4, -0.2) is 77.6 Å². The summed E-state index contributed by atoms with van der Waals surface area (Å²) in [6.07, 6.45) is 8.37. The summed E-state index contributed by atoms with van der Waals surface area (Å²) in [7, 11) is 2.11. The van der Waals surface area contributed by atoms with Gasteiger partial charge >= 0.3 is 6.01 Å². The molecule has 1 saturated carbocycles. The van der Waals surface area contributed by atoms with E-state index in [0.717, 1.165) is 37.8 Å². The number of nitrogens with zero attached hydrogens (tertiary/aromatic N) is 6. The van der Waals surface area contributed by atoms with Crippen LogP contribution in [0.3, 0.4) is 0 Å². The quantitative estimate of drug-likeness (QED) is 0.336. The Kier molecular flexibility index (Phi) is 7.71. The van der Waals surface area contributed by atoms with E-state index in [-0.39, 0.29) is 30.2 Å².